The average Bonchev–Trinajstić information content (AvgIpc) is 3.07. The third-order valence-electron chi connectivity index (χ3n) is 4.00. The second-order valence-corrected chi connectivity index (χ2v) is 5.49. The molecule has 6 nitrogen and oxygen atoms in total. The van der Waals surface area contributed by atoms with Gasteiger partial charge in [-0.05, 0) is 33.2 Å². The van der Waals surface area contributed by atoms with Crippen LogP contribution in [0, 0.1) is 0 Å². The lowest BCUT2D eigenvalue weighted by atomic mass is 10.0. The van der Waals surface area contributed by atoms with Crippen LogP contribution in [0.1, 0.15) is 43.5 Å². The van der Waals surface area contributed by atoms with E-state index in [4.69, 9.17) is 4.74 Å². The maximum Gasteiger partial charge on any atom is 0.323 e. The predicted octanol–water partition coefficient (Wildman–Crippen LogP) is 1.41. The highest BCUT2D eigenvalue weighted by atomic mass is 16.5. The summed E-state index contributed by atoms with van der Waals surface area (Å²) in [6.45, 7) is 4.88. The van der Waals surface area contributed by atoms with E-state index in [1.54, 1.807) is 31.0 Å². The monoisotopic (exact) mass is 293 g/mol. The van der Waals surface area contributed by atoms with Crippen molar-refractivity contribution in [3.63, 3.8) is 0 Å². The summed E-state index contributed by atoms with van der Waals surface area (Å²) in [6, 6.07) is -0.184. The lowest BCUT2D eigenvalue weighted by Gasteiger charge is -2.28. The number of nitrogens with zero attached hydrogens (tertiary/aromatic N) is 3. The second kappa shape index (κ2) is 6.85. The third-order valence-corrected chi connectivity index (χ3v) is 4.00. The van der Waals surface area contributed by atoms with Crippen molar-refractivity contribution in [1.82, 2.24) is 14.7 Å². The lowest BCUT2D eigenvalue weighted by molar-refractivity contribution is -0.149. The molecule has 0 unspecified atom stereocenters. The first kappa shape index (κ1) is 15.7. The molecule has 0 saturated carbocycles. The molecule has 0 aromatic carbocycles. The number of aryl methyl sites for hydroxylation is 1. The zero-order chi connectivity index (χ0) is 15.4. The lowest BCUT2D eigenvalue weighted by Crippen LogP contribution is -2.43. The van der Waals surface area contributed by atoms with Crippen LogP contribution in [0.15, 0.2) is 12.4 Å². The van der Waals surface area contributed by atoms with Crippen molar-refractivity contribution in [3.05, 3.63) is 18.0 Å². The molecule has 21 heavy (non-hydrogen) atoms. The van der Waals surface area contributed by atoms with E-state index in [-0.39, 0.29) is 23.8 Å². The van der Waals surface area contributed by atoms with Gasteiger partial charge in [-0.15, -0.1) is 0 Å². The van der Waals surface area contributed by atoms with Gasteiger partial charge >= 0.3 is 5.97 Å². The molecule has 0 N–H and O–H groups in total. The van der Waals surface area contributed by atoms with Crippen LogP contribution >= 0.6 is 0 Å². The van der Waals surface area contributed by atoms with Gasteiger partial charge in [0, 0.05) is 25.7 Å². The molecule has 1 fully saturated rings. The van der Waals surface area contributed by atoms with Gasteiger partial charge in [-0.2, -0.15) is 5.10 Å². The molecule has 2 atom stereocenters. The Morgan fingerprint density at radius 3 is 2.90 bits per heavy atom. The molecule has 2 rings (SSSR count). The van der Waals surface area contributed by atoms with Crippen LogP contribution in [0.2, 0.25) is 0 Å². The molecule has 1 saturated heterocycles. The molecule has 0 radical (unpaired) electrons. The van der Waals surface area contributed by atoms with E-state index in [9.17, 15) is 9.59 Å². The number of ketones is 1. The maximum atomic E-state index is 12.3. The molecule has 1 aromatic heterocycles. The van der Waals surface area contributed by atoms with E-state index in [2.05, 4.69) is 10.00 Å². The van der Waals surface area contributed by atoms with Crippen LogP contribution in [-0.2, 0) is 16.6 Å². The number of hydrogen-bond donors (Lipinski definition) is 0. The van der Waals surface area contributed by atoms with Crippen molar-refractivity contribution >= 4 is 11.8 Å². The molecule has 1 aliphatic heterocycles. The number of likely N-dealkylation sites (tertiary alicyclic amines) is 1. The van der Waals surface area contributed by atoms with Crippen LogP contribution in [0.4, 0.5) is 0 Å². The first-order chi connectivity index (χ1) is 10.0. The fraction of sp³-hybridized carbons (Fsp3) is 0.667. The molecular weight excluding hydrogens is 270 g/mol. The van der Waals surface area contributed by atoms with Crippen molar-refractivity contribution in [1.29, 1.82) is 0 Å². The van der Waals surface area contributed by atoms with E-state index < -0.39 is 0 Å². The molecule has 6 heteroatoms. The molecule has 0 bridgehead atoms. The normalized spacial score (nSPS) is 20.4. The van der Waals surface area contributed by atoms with Crippen molar-refractivity contribution in [2.24, 2.45) is 7.05 Å². The highest BCUT2D eigenvalue weighted by Gasteiger charge is 2.34. The Kier molecular flexibility index (Phi) is 5.12. The van der Waals surface area contributed by atoms with Gasteiger partial charge < -0.3 is 4.74 Å². The molecule has 116 valence electrons. The summed E-state index contributed by atoms with van der Waals surface area (Å²) in [4.78, 5) is 26.2. The van der Waals surface area contributed by atoms with Crippen LogP contribution in [0.5, 0.6) is 0 Å². The van der Waals surface area contributed by atoms with Crippen LogP contribution in [0.25, 0.3) is 0 Å². The number of carbonyl (C=O) groups excluding carboxylic acids is 2. The summed E-state index contributed by atoms with van der Waals surface area (Å²) in [7, 11) is 1.79. The SMILES string of the molecule is CCOC(=O)[C@@H](C)N1CCC[C@H]1CC(=O)c1cnn(C)c1. The quantitative estimate of drug-likeness (QED) is 0.586. The summed E-state index contributed by atoms with van der Waals surface area (Å²) >= 11 is 0. The number of ether oxygens (including phenoxy) is 1. The Bertz CT molecular complexity index is 512. The minimum absolute atomic E-state index is 0.0797. The van der Waals surface area contributed by atoms with E-state index >= 15 is 0 Å². The van der Waals surface area contributed by atoms with Gasteiger partial charge in [-0.25, -0.2) is 0 Å². The number of esters is 1. The third kappa shape index (κ3) is 3.69. The number of aromatic nitrogens is 2. The standard InChI is InChI=1S/C15H23N3O3/c1-4-21-15(20)11(2)18-7-5-6-13(18)8-14(19)12-9-16-17(3)10-12/h9-11,13H,4-8H2,1-3H3/t11-,13+/m1/s1. The van der Waals surface area contributed by atoms with Crippen molar-refractivity contribution in [3.8, 4) is 0 Å². The van der Waals surface area contributed by atoms with Gasteiger partial charge in [0.2, 0.25) is 0 Å². The van der Waals surface area contributed by atoms with Gasteiger partial charge in [-0.3, -0.25) is 19.2 Å². The number of hydrogen-bond acceptors (Lipinski definition) is 5. The highest BCUT2D eigenvalue weighted by molar-refractivity contribution is 5.96. The minimum Gasteiger partial charge on any atom is -0.465 e. The molecular formula is C15H23N3O3. The Morgan fingerprint density at radius 1 is 1.52 bits per heavy atom. The van der Waals surface area contributed by atoms with E-state index in [1.807, 2.05) is 6.92 Å². The van der Waals surface area contributed by atoms with E-state index in [0.29, 0.717) is 18.6 Å². The Morgan fingerprint density at radius 2 is 2.29 bits per heavy atom. The van der Waals surface area contributed by atoms with Crippen molar-refractivity contribution < 1.29 is 14.3 Å². The number of rotatable bonds is 6. The summed E-state index contributed by atoms with van der Waals surface area (Å²) in [5.74, 6) is -0.130. The first-order valence-corrected chi connectivity index (χ1v) is 7.47. The van der Waals surface area contributed by atoms with Crippen molar-refractivity contribution in [2.75, 3.05) is 13.2 Å². The van der Waals surface area contributed by atoms with Gasteiger partial charge in [0.05, 0.1) is 18.4 Å². The summed E-state index contributed by atoms with van der Waals surface area (Å²) in [5.41, 5.74) is 0.633. The second-order valence-electron chi connectivity index (χ2n) is 5.49. The molecule has 0 amide bonds. The topological polar surface area (TPSA) is 64.4 Å². The molecule has 1 aliphatic rings. The number of carbonyl (C=O) groups is 2. The predicted molar refractivity (Wildman–Crippen MR) is 78.0 cm³/mol. The summed E-state index contributed by atoms with van der Waals surface area (Å²) < 4.78 is 6.70. The van der Waals surface area contributed by atoms with Crippen LogP contribution < -0.4 is 0 Å². The first-order valence-electron chi connectivity index (χ1n) is 7.47. The van der Waals surface area contributed by atoms with Gasteiger partial charge in [0.15, 0.2) is 5.78 Å². The largest absolute Gasteiger partial charge is 0.465 e. The molecule has 0 spiro atoms. The summed E-state index contributed by atoms with van der Waals surface area (Å²) in [6.07, 6.45) is 5.70. The van der Waals surface area contributed by atoms with Crippen LogP contribution in [0.3, 0.4) is 0 Å². The number of Topliss-reactive ketones (excluding diaryl/α,β-unsaturated/α-hetero) is 1. The maximum absolute atomic E-state index is 12.3. The van der Waals surface area contributed by atoms with Crippen LogP contribution in [-0.4, -0.2) is 51.7 Å². The summed E-state index contributed by atoms with van der Waals surface area (Å²) in [5, 5.41) is 4.03. The fourth-order valence-electron chi connectivity index (χ4n) is 2.88. The highest BCUT2D eigenvalue weighted by Crippen LogP contribution is 2.24. The van der Waals surface area contributed by atoms with Gasteiger partial charge in [-0.1, -0.05) is 0 Å². The van der Waals surface area contributed by atoms with Crippen molar-refractivity contribution in [2.45, 2.75) is 45.2 Å². The fourth-order valence-corrected chi connectivity index (χ4v) is 2.88. The molecule has 2 heterocycles. The van der Waals surface area contributed by atoms with Gasteiger partial charge in [0.1, 0.15) is 6.04 Å². The Balaban J connectivity index is 1.98. The average molecular weight is 293 g/mol. The molecule has 1 aromatic rings. The smallest absolute Gasteiger partial charge is 0.323 e. The van der Waals surface area contributed by atoms with Gasteiger partial charge in [0.25, 0.3) is 0 Å². The Hall–Kier alpha value is -1.69. The van der Waals surface area contributed by atoms with E-state index in [1.165, 1.54) is 0 Å². The van der Waals surface area contributed by atoms with E-state index in [0.717, 1.165) is 19.4 Å². The zero-order valence-electron chi connectivity index (χ0n) is 12.9. The molecule has 0 aliphatic carbocycles. The Labute approximate surface area is 125 Å². The minimum atomic E-state index is -0.292. The zero-order valence-corrected chi connectivity index (χ0v) is 12.9.